The summed E-state index contributed by atoms with van der Waals surface area (Å²) in [7, 11) is 0. The van der Waals surface area contributed by atoms with Crippen molar-refractivity contribution in [1.29, 1.82) is 0 Å². The third kappa shape index (κ3) is 2.76. The second-order valence-corrected chi connectivity index (χ2v) is 3.76. The number of aromatic carboxylic acids is 1. The predicted molar refractivity (Wildman–Crippen MR) is 62.4 cm³/mol. The first kappa shape index (κ1) is 13.0. The smallest absolute Gasteiger partial charge is 0.392 e. The number of benzene rings is 1. The first-order valence-corrected chi connectivity index (χ1v) is 4.91. The van der Waals surface area contributed by atoms with Crippen molar-refractivity contribution >= 4 is 40.8 Å². The van der Waals surface area contributed by atoms with Crippen LogP contribution in [0.25, 0.3) is 11.3 Å². The number of hydrogen-bond acceptors (Lipinski definition) is 3. The van der Waals surface area contributed by atoms with Crippen molar-refractivity contribution in [2.75, 3.05) is 0 Å². The fraction of sp³-hybridized carbons (Fsp3) is 0. The molecule has 0 bridgehead atoms. The number of carboxylic acid groups (broad SMARTS) is 1. The minimum absolute atomic E-state index is 0. The molecule has 0 spiro atoms. The Morgan fingerprint density at radius 2 is 2.19 bits per heavy atom. The third-order valence-electron chi connectivity index (χ3n) is 1.80. The summed E-state index contributed by atoms with van der Waals surface area (Å²) in [5.41, 5.74) is 0.782. The number of hydrogen-bond donors (Lipinski definition) is 1. The number of halogens is 1. The van der Waals surface area contributed by atoms with Gasteiger partial charge in [0.2, 0.25) is 0 Å². The van der Waals surface area contributed by atoms with E-state index in [1.165, 1.54) is 6.20 Å². The van der Waals surface area contributed by atoms with Crippen molar-refractivity contribution in [3.8, 4) is 11.3 Å². The van der Waals surface area contributed by atoms with Gasteiger partial charge in [0.15, 0.2) is 5.76 Å². The molecule has 1 radical (unpaired) electrons. The summed E-state index contributed by atoms with van der Waals surface area (Å²) < 4.78 is 5.95. The largest absolute Gasteiger partial charge is 0.474 e. The molecule has 0 aliphatic heterocycles. The molecule has 0 aliphatic rings. The molecule has 0 amide bonds. The Morgan fingerprint density at radius 3 is 2.75 bits per heavy atom. The molecule has 1 heterocycles. The standard InChI is InChI=1S/C10H6BrNO3.Li/c11-7-3-1-2-6(4-7)8-5-12-9(15-8)10(13)14;/h1-5H,(H,13,14);. The molecule has 0 unspecified atom stereocenters. The summed E-state index contributed by atoms with van der Waals surface area (Å²) in [5, 5.41) is 8.63. The Hall–Kier alpha value is -1.02. The van der Waals surface area contributed by atoms with E-state index in [4.69, 9.17) is 9.52 Å². The molecule has 1 aromatic heterocycles. The van der Waals surface area contributed by atoms with Crippen LogP contribution in [0, 0.1) is 0 Å². The molecule has 4 nitrogen and oxygen atoms in total. The zero-order valence-electron chi connectivity index (χ0n) is 8.48. The van der Waals surface area contributed by atoms with Crippen LogP contribution in [0.4, 0.5) is 0 Å². The molecule has 0 saturated heterocycles. The monoisotopic (exact) mass is 274 g/mol. The average Bonchev–Trinajstić information content (AvgIpc) is 2.66. The van der Waals surface area contributed by atoms with Gasteiger partial charge in [-0.2, -0.15) is 0 Å². The zero-order valence-corrected chi connectivity index (χ0v) is 10.1. The van der Waals surface area contributed by atoms with Gasteiger partial charge in [0, 0.05) is 28.9 Å². The van der Waals surface area contributed by atoms with Gasteiger partial charge in [-0.1, -0.05) is 28.1 Å². The molecule has 6 heteroatoms. The van der Waals surface area contributed by atoms with Crippen LogP contribution in [0.5, 0.6) is 0 Å². The third-order valence-corrected chi connectivity index (χ3v) is 2.29. The van der Waals surface area contributed by atoms with E-state index >= 15 is 0 Å². The normalized spacial score (nSPS) is 9.56. The maximum Gasteiger partial charge on any atom is 0.392 e. The molecule has 0 saturated carbocycles. The minimum Gasteiger partial charge on any atom is -0.474 e. The van der Waals surface area contributed by atoms with E-state index in [2.05, 4.69) is 20.9 Å². The molecule has 0 aliphatic carbocycles. The fourth-order valence-electron chi connectivity index (χ4n) is 1.15. The summed E-state index contributed by atoms with van der Waals surface area (Å²) in [6, 6.07) is 7.35. The summed E-state index contributed by atoms with van der Waals surface area (Å²) in [6.45, 7) is 0. The first-order valence-electron chi connectivity index (χ1n) is 4.12. The quantitative estimate of drug-likeness (QED) is 0.855. The van der Waals surface area contributed by atoms with Crippen LogP contribution < -0.4 is 0 Å². The molecule has 16 heavy (non-hydrogen) atoms. The van der Waals surface area contributed by atoms with Gasteiger partial charge in [-0.05, 0) is 12.1 Å². The number of carbonyl (C=O) groups is 1. The second-order valence-electron chi connectivity index (χ2n) is 2.85. The van der Waals surface area contributed by atoms with E-state index in [1.807, 2.05) is 24.3 Å². The van der Waals surface area contributed by atoms with E-state index in [0.29, 0.717) is 5.76 Å². The second kappa shape index (κ2) is 5.35. The van der Waals surface area contributed by atoms with Gasteiger partial charge in [-0.15, -0.1) is 0 Å². The molecule has 1 N–H and O–H groups in total. The Bertz CT molecular complexity index is 512. The summed E-state index contributed by atoms with van der Waals surface area (Å²) in [5.74, 6) is -1.03. The zero-order chi connectivity index (χ0) is 10.8. The number of oxazole rings is 1. The summed E-state index contributed by atoms with van der Waals surface area (Å²) in [4.78, 5) is 14.2. The van der Waals surface area contributed by atoms with Crippen molar-refractivity contribution < 1.29 is 14.3 Å². The van der Waals surface area contributed by atoms with Crippen molar-refractivity contribution in [3.05, 3.63) is 40.8 Å². The number of nitrogens with zero attached hydrogens (tertiary/aromatic N) is 1. The topological polar surface area (TPSA) is 63.3 Å². The number of carboxylic acids is 1. The first-order chi connectivity index (χ1) is 7.16. The van der Waals surface area contributed by atoms with E-state index in [1.54, 1.807) is 0 Å². The molecule has 0 fully saturated rings. The Balaban J connectivity index is 0.00000128. The van der Waals surface area contributed by atoms with Crippen LogP contribution in [-0.4, -0.2) is 34.9 Å². The summed E-state index contributed by atoms with van der Waals surface area (Å²) in [6.07, 6.45) is 1.39. The van der Waals surface area contributed by atoms with Crippen LogP contribution in [0.2, 0.25) is 0 Å². The predicted octanol–water partition coefficient (Wildman–Crippen LogP) is 2.42. The van der Waals surface area contributed by atoms with Crippen molar-refractivity contribution in [1.82, 2.24) is 4.98 Å². The number of rotatable bonds is 2. The van der Waals surface area contributed by atoms with E-state index < -0.39 is 5.97 Å². The van der Waals surface area contributed by atoms with E-state index in [-0.39, 0.29) is 24.8 Å². The SMILES string of the molecule is O=C(O)c1ncc(-c2cccc(Br)c2)o1.[Li]. The Kier molecular flexibility index (Phi) is 4.36. The van der Waals surface area contributed by atoms with Crippen LogP contribution in [-0.2, 0) is 0 Å². The van der Waals surface area contributed by atoms with Crippen molar-refractivity contribution in [2.24, 2.45) is 0 Å². The maximum absolute atomic E-state index is 10.5. The Labute approximate surface area is 112 Å². The molecular weight excluding hydrogens is 269 g/mol. The number of aromatic nitrogens is 1. The van der Waals surface area contributed by atoms with Gasteiger partial charge in [0.1, 0.15) is 0 Å². The van der Waals surface area contributed by atoms with Crippen LogP contribution in [0.1, 0.15) is 10.7 Å². The van der Waals surface area contributed by atoms with Gasteiger partial charge < -0.3 is 9.52 Å². The van der Waals surface area contributed by atoms with Crippen LogP contribution in [0.3, 0.4) is 0 Å². The molecule has 77 valence electrons. The fourth-order valence-corrected chi connectivity index (χ4v) is 1.55. The van der Waals surface area contributed by atoms with Gasteiger partial charge in [0.05, 0.1) is 6.20 Å². The molecule has 1 aromatic carbocycles. The van der Waals surface area contributed by atoms with E-state index in [9.17, 15) is 4.79 Å². The Morgan fingerprint density at radius 1 is 1.44 bits per heavy atom. The summed E-state index contributed by atoms with van der Waals surface area (Å²) >= 11 is 3.32. The van der Waals surface area contributed by atoms with Gasteiger partial charge in [-0.25, -0.2) is 9.78 Å². The molecular formula is C10H6BrLiNO3. The average molecular weight is 275 g/mol. The van der Waals surface area contributed by atoms with Crippen molar-refractivity contribution in [2.45, 2.75) is 0 Å². The van der Waals surface area contributed by atoms with Gasteiger partial charge >= 0.3 is 11.9 Å². The van der Waals surface area contributed by atoms with Crippen LogP contribution >= 0.6 is 15.9 Å². The van der Waals surface area contributed by atoms with Crippen LogP contribution in [0.15, 0.2) is 39.4 Å². The van der Waals surface area contributed by atoms with E-state index in [0.717, 1.165) is 10.0 Å². The maximum atomic E-state index is 10.5. The minimum atomic E-state index is -1.17. The molecule has 2 rings (SSSR count). The van der Waals surface area contributed by atoms with Crippen molar-refractivity contribution in [3.63, 3.8) is 0 Å². The molecule has 0 atom stereocenters. The molecule has 2 aromatic rings. The van der Waals surface area contributed by atoms with Gasteiger partial charge in [0.25, 0.3) is 0 Å². The van der Waals surface area contributed by atoms with Gasteiger partial charge in [-0.3, -0.25) is 0 Å².